The number of pyridine rings is 1. The van der Waals surface area contributed by atoms with Crippen molar-refractivity contribution in [1.29, 1.82) is 0 Å². The van der Waals surface area contributed by atoms with Crippen LogP contribution in [-0.2, 0) is 14.2 Å². The second-order valence-electron chi connectivity index (χ2n) is 6.57. The Morgan fingerprint density at radius 1 is 1.27 bits per heavy atom. The van der Waals surface area contributed by atoms with Crippen molar-refractivity contribution in [2.24, 2.45) is 0 Å². The van der Waals surface area contributed by atoms with Gasteiger partial charge in [0.05, 0.1) is 39.1 Å². The third kappa shape index (κ3) is 4.76. The van der Waals surface area contributed by atoms with E-state index in [1.807, 2.05) is 0 Å². The highest BCUT2D eigenvalue weighted by Crippen LogP contribution is 2.25. The van der Waals surface area contributed by atoms with Gasteiger partial charge in [0.2, 0.25) is 0 Å². The standard InChI is InChI=1S/C16H22BrN3O6/c1-16(2,3)26-15(23)18-12-10(14(22)24-4)9-20(13(21)11(12)17)19-5-7-25-8-6-19/h9H,5-8H2,1-4H3,(H,18,23). The molecule has 0 saturated carbocycles. The quantitative estimate of drug-likeness (QED) is 0.727. The highest BCUT2D eigenvalue weighted by atomic mass is 79.9. The molecule has 1 aliphatic rings. The van der Waals surface area contributed by atoms with Crippen molar-refractivity contribution < 1.29 is 23.8 Å². The summed E-state index contributed by atoms with van der Waals surface area (Å²) in [5.74, 6) is -0.696. The van der Waals surface area contributed by atoms with Crippen LogP contribution in [-0.4, -0.2) is 55.8 Å². The van der Waals surface area contributed by atoms with Crippen LogP contribution in [0.5, 0.6) is 0 Å². The minimum absolute atomic E-state index is 0.000564. The average molecular weight is 432 g/mol. The Labute approximate surface area is 159 Å². The molecule has 0 radical (unpaired) electrons. The Bertz CT molecular complexity index is 750. The SMILES string of the molecule is COC(=O)c1cn(N2CCOCC2)c(=O)c(Br)c1NC(=O)OC(C)(C)C. The van der Waals surface area contributed by atoms with E-state index < -0.39 is 23.2 Å². The van der Waals surface area contributed by atoms with Gasteiger partial charge >= 0.3 is 12.1 Å². The van der Waals surface area contributed by atoms with Gasteiger partial charge in [0.25, 0.3) is 5.56 Å². The predicted molar refractivity (Wildman–Crippen MR) is 98.4 cm³/mol. The molecule has 10 heteroatoms. The van der Waals surface area contributed by atoms with E-state index in [0.29, 0.717) is 26.3 Å². The van der Waals surface area contributed by atoms with E-state index in [0.717, 1.165) is 0 Å². The molecule has 0 atom stereocenters. The van der Waals surface area contributed by atoms with E-state index >= 15 is 0 Å². The molecule has 1 saturated heterocycles. The summed E-state index contributed by atoms with van der Waals surface area (Å²) in [6.07, 6.45) is 0.559. The molecule has 1 N–H and O–H groups in total. The van der Waals surface area contributed by atoms with Crippen molar-refractivity contribution in [1.82, 2.24) is 4.68 Å². The lowest BCUT2D eigenvalue weighted by Crippen LogP contribution is -2.49. The van der Waals surface area contributed by atoms with E-state index in [4.69, 9.17) is 14.2 Å². The maximum Gasteiger partial charge on any atom is 0.412 e. The predicted octanol–water partition coefficient (Wildman–Crippen LogP) is 1.71. The molecule has 1 aliphatic heterocycles. The molecule has 1 fully saturated rings. The summed E-state index contributed by atoms with van der Waals surface area (Å²) < 4.78 is 16.6. The third-order valence-electron chi connectivity index (χ3n) is 3.46. The van der Waals surface area contributed by atoms with Gasteiger partial charge in [0.1, 0.15) is 15.6 Å². The maximum atomic E-state index is 12.7. The Hall–Kier alpha value is -2.07. The Balaban J connectivity index is 2.46. The summed E-state index contributed by atoms with van der Waals surface area (Å²) in [5, 5.41) is 4.21. The van der Waals surface area contributed by atoms with Crippen LogP contribution >= 0.6 is 15.9 Å². The number of carbonyl (C=O) groups is 2. The number of carbonyl (C=O) groups excluding carboxylic acids is 2. The monoisotopic (exact) mass is 431 g/mol. The molecule has 26 heavy (non-hydrogen) atoms. The number of methoxy groups -OCH3 is 1. The molecule has 2 heterocycles. The molecule has 1 amide bonds. The van der Waals surface area contributed by atoms with Crippen LogP contribution in [0.3, 0.4) is 0 Å². The van der Waals surface area contributed by atoms with Crippen molar-refractivity contribution in [3.8, 4) is 0 Å². The minimum Gasteiger partial charge on any atom is -0.465 e. The fourth-order valence-electron chi connectivity index (χ4n) is 2.34. The second kappa shape index (κ2) is 8.09. The van der Waals surface area contributed by atoms with E-state index in [1.165, 1.54) is 18.0 Å². The van der Waals surface area contributed by atoms with Gasteiger partial charge in [0, 0.05) is 6.20 Å². The summed E-state index contributed by atoms with van der Waals surface area (Å²) in [4.78, 5) is 37.0. The number of ether oxygens (including phenoxy) is 3. The number of hydrogen-bond acceptors (Lipinski definition) is 7. The van der Waals surface area contributed by atoms with Gasteiger partial charge in [-0.05, 0) is 36.7 Å². The molecule has 144 valence electrons. The Kier molecular flexibility index (Phi) is 6.30. The zero-order valence-corrected chi connectivity index (χ0v) is 16.7. The summed E-state index contributed by atoms with van der Waals surface area (Å²) in [5.41, 5.74) is -1.13. The van der Waals surface area contributed by atoms with Gasteiger partial charge in [0.15, 0.2) is 0 Å². The van der Waals surface area contributed by atoms with Gasteiger partial charge in [-0.25, -0.2) is 14.3 Å². The van der Waals surface area contributed by atoms with Crippen molar-refractivity contribution in [2.45, 2.75) is 26.4 Å². The first-order chi connectivity index (χ1) is 12.1. The lowest BCUT2D eigenvalue weighted by molar-refractivity contribution is 0.0600. The number of anilines is 1. The van der Waals surface area contributed by atoms with Crippen molar-refractivity contribution in [3.05, 3.63) is 26.6 Å². The summed E-state index contributed by atoms with van der Waals surface area (Å²) in [7, 11) is 1.22. The molecule has 1 aromatic rings. The number of nitrogens with zero attached hydrogens (tertiary/aromatic N) is 2. The molecule has 9 nitrogen and oxygen atoms in total. The maximum absolute atomic E-state index is 12.7. The highest BCUT2D eigenvalue weighted by Gasteiger charge is 2.25. The number of amides is 1. The van der Waals surface area contributed by atoms with Crippen LogP contribution in [0.25, 0.3) is 0 Å². The van der Waals surface area contributed by atoms with Crippen LogP contribution in [0, 0.1) is 0 Å². The van der Waals surface area contributed by atoms with Crippen molar-refractivity contribution in [2.75, 3.05) is 43.7 Å². The zero-order valence-electron chi connectivity index (χ0n) is 15.1. The smallest absolute Gasteiger partial charge is 0.412 e. The fourth-order valence-corrected chi connectivity index (χ4v) is 2.84. The number of nitrogens with one attached hydrogen (secondary N) is 1. The number of hydrogen-bond donors (Lipinski definition) is 1. The van der Waals surface area contributed by atoms with Crippen molar-refractivity contribution in [3.63, 3.8) is 0 Å². The van der Waals surface area contributed by atoms with Gasteiger partial charge in [-0.2, -0.15) is 0 Å². The number of halogens is 1. The summed E-state index contributed by atoms with van der Waals surface area (Å²) >= 11 is 3.18. The van der Waals surface area contributed by atoms with E-state index in [1.54, 1.807) is 25.8 Å². The highest BCUT2D eigenvalue weighted by molar-refractivity contribution is 9.10. The number of rotatable bonds is 3. The van der Waals surface area contributed by atoms with Crippen LogP contribution in [0.1, 0.15) is 31.1 Å². The number of aromatic nitrogens is 1. The topological polar surface area (TPSA) is 99.1 Å². The molecule has 0 aliphatic carbocycles. The summed E-state index contributed by atoms with van der Waals surface area (Å²) in [6.45, 7) is 7.04. The number of morpholine rings is 1. The minimum atomic E-state index is -0.785. The third-order valence-corrected chi connectivity index (χ3v) is 4.20. The average Bonchev–Trinajstić information content (AvgIpc) is 2.57. The van der Waals surface area contributed by atoms with Gasteiger partial charge in [-0.1, -0.05) is 0 Å². The molecule has 0 unspecified atom stereocenters. The van der Waals surface area contributed by atoms with Gasteiger partial charge < -0.3 is 19.2 Å². The molecule has 0 aromatic carbocycles. The molecule has 2 rings (SSSR count). The van der Waals surface area contributed by atoms with Gasteiger partial charge in [-0.15, -0.1) is 0 Å². The van der Waals surface area contributed by atoms with E-state index in [2.05, 4.69) is 21.2 Å². The molecular weight excluding hydrogens is 410 g/mol. The Morgan fingerprint density at radius 2 is 1.88 bits per heavy atom. The van der Waals surface area contributed by atoms with Crippen LogP contribution < -0.4 is 15.9 Å². The summed E-state index contributed by atoms with van der Waals surface area (Å²) in [6, 6.07) is 0. The molecule has 0 spiro atoms. The second-order valence-corrected chi connectivity index (χ2v) is 7.36. The fraction of sp³-hybridized carbons (Fsp3) is 0.562. The molecular formula is C16H22BrN3O6. The lowest BCUT2D eigenvalue weighted by atomic mass is 10.2. The first-order valence-electron chi connectivity index (χ1n) is 8.00. The lowest BCUT2D eigenvalue weighted by Gasteiger charge is -2.31. The van der Waals surface area contributed by atoms with Gasteiger partial charge in [-0.3, -0.25) is 10.1 Å². The van der Waals surface area contributed by atoms with Crippen LogP contribution in [0.15, 0.2) is 15.5 Å². The van der Waals surface area contributed by atoms with Crippen molar-refractivity contribution >= 4 is 33.7 Å². The zero-order chi connectivity index (χ0) is 19.5. The van der Waals surface area contributed by atoms with Crippen LogP contribution in [0.2, 0.25) is 0 Å². The first kappa shape index (κ1) is 20.2. The molecule has 0 bridgehead atoms. The first-order valence-corrected chi connectivity index (χ1v) is 8.80. The molecule has 1 aromatic heterocycles. The van der Waals surface area contributed by atoms with E-state index in [9.17, 15) is 14.4 Å². The normalized spacial score (nSPS) is 14.7. The number of esters is 1. The Morgan fingerprint density at radius 3 is 2.42 bits per heavy atom. The van der Waals surface area contributed by atoms with E-state index in [-0.39, 0.29) is 15.7 Å². The largest absolute Gasteiger partial charge is 0.465 e. The van der Waals surface area contributed by atoms with Crippen LogP contribution in [0.4, 0.5) is 10.5 Å².